The first-order chi connectivity index (χ1) is 56.5. The Morgan fingerprint density at radius 1 is 0.149 bits per heavy atom. The Balaban J connectivity index is 0.000000148. The van der Waals surface area contributed by atoms with Crippen LogP contribution >= 0.6 is 0 Å². The third kappa shape index (κ3) is 13.3. The van der Waals surface area contributed by atoms with Gasteiger partial charge in [0.15, 0.2) is 0 Å². The van der Waals surface area contributed by atoms with E-state index in [0.29, 0.717) is 0 Å². The summed E-state index contributed by atoms with van der Waals surface area (Å²) in [6.45, 7) is 0. The molecule has 6 heteroatoms. The monoisotopic (exact) mass is 1450 g/mol. The minimum atomic E-state index is 0.903. The fourth-order valence-electron chi connectivity index (χ4n) is 16.2. The van der Waals surface area contributed by atoms with Crippen LogP contribution in [0, 0.1) is 0 Å². The second-order valence-corrected chi connectivity index (χ2v) is 28.8. The number of hydrogen-bond acceptors (Lipinski definition) is 6. The van der Waals surface area contributed by atoms with Crippen LogP contribution in [0.5, 0.6) is 0 Å². The van der Waals surface area contributed by atoms with Crippen molar-refractivity contribution < 1.29 is 0 Å². The number of aromatic nitrogens is 4. The molecule has 0 aliphatic heterocycles. The summed E-state index contributed by atoms with van der Waals surface area (Å²) in [5.41, 5.74) is 30.3. The maximum atomic E-state index is 5.33. The Labute approximate surface area is 661 Å². The molecule has 6 nitrogen and oxygen atoms in total. The molecule has 0 fully saturated rings. The minimum Gasteiger partial charge on any atom is -0.311 e. The van der Waals surface area contributed by atoms with Crippen molar-refractivity contribution in [2.45, 2.75) is 0 Å². The maximum absolute atomic E-state index is 5.33. The highest BCUT2D eigenvalue weighted by Gasteiger charge is 2.21. The van der Waals surface area contributed by atoms with Crippen LogP contribution < -0.4 is 9.80 Å². The summed E-state index contributed by atoms with van der Waals surface area (Å²) in [6.07, 6.45) is 0. The fourth-order valence-corrected chi connectivity index (χ4v) is 16.2. The van der Waals surface area contributed by atoms with Crippen LogP contribution in [0.4, 0.5) is 34.1 Å². The van der Waals surface area contributed by atoms with Crippen LogP contribution in [0.3, 0.4) is 0 Å². The molecule has 534 valence electrons. The Morgan fingerprint density at radius 3 is 0.789 bits per heavy atom. The van der Waals surface area contributed by atoms with Gasteiger partial charge in [-0.25, -0.2) is 19.9 Å². The van der Waals surface area contributed by atoms with Crippen molar-refractivity contribution in [1.82, 2.24) is 19.9 Å². The Hall–Kier alpha value is -15.2. The van der Waals surface area contributed by atoms with Gasteiger partial charge in [0.2, 0.25) is 0 Å². The fraction of sp³-hybridized carbons (Fsp3) is 0. The first-order valence-electron chi connectivity index (χ1n) is 38.7. The number of nitrogens with zero attached hydrogens (tertiary/aromatic N) is 6. The second-order valence-electron chi connectivity index (χ2n) is 28.8. The van der Waals surface area contributed by atoms with Crippen molar-refractivity contribution in [3.63, 3.8) is 0 Å². The lowest BCUT2D eigenvalue weighted by Gasteiger charge is -2.26. The van der Waals surface area contributed by atoms with Gasteiger partial charge >= 0.3 is 0 Å². The first-order valence-corrected chi connectivity index (χ1v) is 38.7. The third-order valence-electron chi connectivity index (χ3n) is 21.9. The lowest BCUT2D eigenvalue weighted by molar-refractivity contribution is 1.28. The van der Waals surface area contributed by atoms with Gasteiger partial charge in [0, 0.05) is 88.7 Å². The van der Waals surface area contributed by atoms with Crippen LogP contribution in [-0.4, -0.2) is 19.9 Å². The molecule has 0 spiro atoms. The standard InChI is InChI=1S/C56H37N3.C52H35N3/c1-4-12-38(13-5-1)40-22-29-47(30-23-40)59(48-31-24-41(25-32-48)39-14-6-2-7-15-39)49-33-26-44-36-46(21-20-45(44)37-49)52-35-28-43-27-34-51-54(42-16-8-3-9-17-42)50-18-10-11-19-53(50)58-56(51)55(43)57-52;1-4-12-36(13-5-1)38-20-28-43(29-21-38)55(44-30-22-39(23-31-44)37-14-6-2-7-15-37)45-32-24-40(25-33-45)48-35-27-42-26-34-47-50(41-16-8-3-9-17-41)46-18-10-11-19-49(46)54-52(47)51(42)53-48/h1-37H;1-35H. The van der Waals surface area contributed by atoms with E-state index < -0.39 is 0 Å². The highest BCUT2D eigenvalue weighted by molar-refractivity contribution is 6.18. The molecule has 0 atom stereocenters. The average molecular weight is 1450 g/mol. The molecule has 0 saturated heterocycles. The smallest absolute Gasteiger partial charge is 0.0978 e. The summed E-state index contributed by atoms with van der Waals surface area (Å²) < 4.78 is 0. The van der Waals surface area contributed by atoms with Crippen LogP contribution in [0.2, 0.25) is 0 Å². The van der Waals surface area contributed by atoms with Gasteiger partial charge in [0.05, 0.1) is 44.5 Å². The van der Waals surface area contributed by atoms with Crippen molar-refractivity contribution in [2.75, 3.05) is 9.80 Å². The van der Waals surface area contributed by atoms with Gasteiger partial charge in [-0.3, -0.25) is 0 Å². The number of hydrogen-bond donors (Lipinski definition) is 0. The van der Waals surface area contributed by atoms with Gasteiger partial charge in [-0.2, -0.15) is 0 Å². The average Bonchev–Trinajstić information content (AvgIpc) is 0.743. The minimum absolute atomic E-state index is 0.903. The third-order valence-corrected chi connectivity index (χ3v) is 21.9. The molecule has 0 radical (unpaired) electrons. The Bertz CT molecular complexity index is 6910. The van der Waals surface area contributed by atoms with Crippen LogP contribution in [0.1, 0.15) is 0 Å². The van der Waals surface area contributed by atoms with E-state index in [0.717, 1.165) is 133 Å². The quantitative estimate of drug-likeness (QED) is 0.0799. The van der Waals surface area contributed by atoms with E-state index in [2.05, 4.69) is 447 Å². The Morgan fingerprint density at radius 2 is 0.412 bits per heavy atom. The van der Waals surface area contributed by atoms with Crippen LogP contribution in [-0.2, 0) is 0 Å². The molecule has 17 aromatic carbocycles. The van der Waals surface area contributed by atoms with E-state index in [1.165, 1.54) is 66.8 Å². The van der Waals surface area contributed by atoms with Gasteiger partial charge in [-0.1, -0.05) is 334 Å². The second kappa shape index (κ2) is 30.0. The van der Waals surface area contributed by atoms with Gasteiger partial charge in [0.1, 0.15) is 0 Å². The summed E-state index contributed by atoms with van der Waals surface area (Å²) in [5, 5.41) is 8.94. The van der Waals surface area contributed by atoms with Crippen molar-refractivity contribution in [1.29, 1.82) is 0 Å². The largest absolute Gasteiger partial charge is 0.311 e. The molecular weight excluding hydrogens is 1380 g/mol. The molecule has 4 aromatic heterocycles. The molecule has 114 heavy (non-hydrogen) atoms. The van der Waals surface area contributed by atoms with Crippen molar-refractivity contribution in [3.05, 3.63) is 437 Å². The number of rotatable bonds is 14. The molecule has 4 heterocycles. The maximum Gasteiger partial charge on any atom is 0.0978 e. The predicted molar refractivity (Wildman–Crippen MR) is 479 cm³/mol. The van der Waals surface area contributed by atoms with Crippen molar-refractivity contribution >= 4 is 110 Å². The van der Waals surface area contributed by atoms with E-state index >= 15 is 0 Å². The summed E-state index contributed by atoms with van der Waals surface area (Å²) in [6, 6.07) is 155. The van der Waals surface area contributed by atoms with Gasteiger partial charge < -0.3 is 9.80 Å². The summed E-state index contributed by atoms with van der Waals surface area (Å²) in [5.74, 6) is 0. The van der Waals surface area contributed by atoms with Crippen LogP contribution in [0.15, 0.2) is 437 Å². The topological polar surface area (TPSA) is 58.0 Å². The molecule has 0 bridgehead atoms. The molecule has 21 rings (SSSR count). The highest BCUT2D eigenvalue weighted by Crippen LogP contribution is 2.44. The predicted octanol–water partition coefficient (Wildman–Crippen LogP) is 29.3. The molecule has 0 amide bonds. The van der Waals surface area contributed by atoms with E-state index in [4.69, 9.17) is 19.9 Å². The zero-order valence-electron chi connectivity index (χ0n) is 62.3. The number of fused-ring (bicyclic) bond motifs is 9. The van der Waals surface area contributed by atoms with Gasteiger partial charge in [0.25, 0.3) is 0 Å². The lowest BCUT2D eigenvalue weighted by Crippen LogP contribution is -2.09. The number of benzene rings is 17. The van der Waals surface area contributed by atoms with Crippen molar-refractivity contribution in [3.8, 4) is 89.3 Å². The molecule has 0 N–H and O–H groups in total. The zero-order valence-corrected chi connectivity index (χ0v) is 62.3. The van der Waals surface area contributed by atoms with E-state index in [1.54, 1.807) is 0 Å². The molecule has 0 aliphatic carbocycles. The molecule has 0 saturated carbocycles. The summed E-state index contributed by atoms with van der Waals surface area (Å²) in [7, 11) is 0. The molecule has 21 aromatic rings. The number of para-hydroxylation sites is 2. The molecule has 0 unspecified atom stereocenters. The molecule has 0 aliphatic rings. The van der Waals surface area contributed by atoms with Crippen LogP contribution in [0.25, 0.3) is 165 Å². The van der Waals surface area contributed by atoms with E-state index in [1.807, 2.05) is 0 Å². The van der Waals surface area contributed by atoms with Gasteiger partial charge in [-0.15, -0.1) is 0 Å². The van der Waals surface area contributed by atoms with Gasteiger partial charge in [-0.05, 0) is 170 Å². The number of anilines is 6. The van der Waals surface area contributed by atoms with E-state index in [9.17, 15) is 0 Å². The lowest BCUT2D eigenvalue weighted by atomic mass is 9.95. The normalized spacial score (nSPS) is 11.3. The highest BCUT2D eigenvalue weighted by atomic mass is 15.1. The van der Waals surface area contributed by atoms with E-state index in [-0.39, 0.29) is 0 Å². The first kappa shape index (κ1) is 68.1. The summed E-state index contributed by atoms with van der Waals surface area (Å²) in [4.78, 5) is 25.7. The zero-order chi connectivity index (χ0) is 75.7. The SMILES string of the molecule is c1ccc(-c2ccc(N(c3ccc(-c4ccccc4)cc3)c3ccc(-c4ccc5ccc6c(-c7ccccc7)c7ccccc7nc6c5n4)cc3)cc2)cc1.c1ccc(-c2ccc(N(c3ccc(-c4ccccc4)cc3)c3ccc4cc(-c5ccc6ccc7c(-c8ccccc8)c8ccccc8nc7c6n5)ccc4c3)cc2)cc1. The molecular formula is C108H72N6. The Kier molecular flexibility index (Phi) is 17.9. The number of pyridine rings is 4. The summed E-state index contributed by atoms with van der Waals surface area (Å²) >= 11 is 0. The van der Waals surface area contributed by atoms with Crippen molar-refractivity contribution in [2.24, 2.45) is 0 Å².